The van der Waals surface area contributed by atoms with Crippen molar-refractivity contribution in [2.24, 2.45) is 0 Å². The normalized spacial score (nSPS) is 18.6. The van der Waals surface area contributed by atoms with Gasteiger partial charge in [-0.2, -0.15) is 0 Å². The summed E-state index contributed by atoms with van der Waals surface area (Å²) in [5.41, 5.74) is 7.25. The van der Waals surface area contributed by atoms with E-state index in [1.165, 1.54) is 80.7 Å². The molecule has 41 heavy (non-hydrogen) atoms. The van der Waals surface area contributed by atoms with E-state index in [0.717, 1.165) is 32.4 Å². The second-order valence-electron chi connectivity index (χ2n) is 12.8. The summed E-state index contributed by atoms with van der Waals surface area (Å²) in [6, 6.07) is 14.3. The van der Waals surface area contributed by atoms with Gasteiger partial charge in [-0.1, -0.05) is 17.2 Å². The second-order valence-corrected chi connectivity index (χ2v) is 13.9. The summed E-state index contributed by atoms with van der Waals surface area (Å²) in [5, 5.41) is 4.98. The van der Waals surface area contributed by atoms with Crippen molar-refractivity contribution in [1.82, 2.24) is 20.2 Å². The van der Waals surface area contributed by atoms with Crippen LogP contribution in [0.4, 0.5) is 0 Å². The number of benzene rings is 1. The van der Waals surface area contributed by atoms with Crippen LogP contribution in [0.15, 0.2) is 48.8 Å². The van der Waals surface area contributed by atoms with Gasteiger partial charge in [0.1, 0.15) is 4.83 Å². The molecule has 5 heterocycles. The van der Waals surface area contributed by atoms with Gasteiger partial charge >= 0.3 is 0 Å². The SMILES string of the molecule is Cc1cc(C)cc(-c2[nH]c3sc(C(C)(C)C(=O)N4C5CCC4CC5)cc3c2CCNCCCCc2ccncc2)c1. The first-order valence-corrected chi connectivity index (χ1v) is 16.3. The molecule has 2 aliphatic heterocycles. The maximum absolute atomic E-state index is 13.9. The molecule has 1 aromatic carbocycles. The molecule has 0 saturated carbocycles. The van der Waals surface area contributed by atoms with Gasteiger partial charge in [-0.25, -0.2) is 0 Å². The zero-order valence-corrected chi connectivity index (χ0v) is 25.9. The molecule has 4 aromatic rings. The maximum atomic E-state index is 13.9. The topological polar surface area (TPSA) is 61.0 Å². The predicted molar refractivity (Wildman–Crippen MR) is 171 cm³/mol. The molecule has 216 valence electrons. The number of thiophene rings is 1. The summed E-state index contributed by atoms with van der Waals surface area (Å²) >= 11 is 1.77. The summed E-state index contributed by atoms with van der Waals surface area (Å²) in [6.07, 6.45) is 12.9. The number of pyridine rings is 1. The van der Waals surface area contributed by atoms with Crippen LogP contribution >= 0.6 is 11.3 Å². The first-order valence-electron chi connectivity index (χ1n) is 15.5. The van der Waals surface area contributed by atoms with E-state index in [0.29, 0.717) is 18.0 Å². The van der Waals surface area contributed by atoms with E-state index >= 15 is 0 Å². The van der Waals surface area contributed by atoms with Gasteiger partial charge in [-0.3, -0.25) is 9.78 Å². The third kappa shape index (κ3) is 5.74. The number of hydrogen-bond donors (Lipinski definition) is 2. The van der Waals surface area contributed by atoms with Crippen LogP contribution < -0.4 is 5.32 Å². The van der Waals surface area contributed by atoms with Crippen molar-refractivity contribution in [2.45, 2.75) is 96.6 Å². The van der Waals surface area contributed by atoms with Crippen molar-refractivity contribution < 1.29 is 4.79 Å². The lowest BCUT2D eigenvalue weighted by molar-refractivity contribution is -0.137. The number of carbonyl (C=O) groups is 1. The lowest BCUT2D eigenvalue weighted by Crippen LogP contribution is -2.45. The molecular formula is C35H44N4OS. The van der Waals surface area contributed by atoms with Gasteiger partial charge in [-0.05, 0) is 139 Å². The Morgan fingerprint density at radius 1 is 0.976 bits per heavy atom. The number of amides is 1. The maximum Gasteiger partial charge on any atom is 0.233 e. The minimum Gasteiger partial charge on any atom is -0.346 e. The van der Waals surface area contributed by atoms with Gasteiger partial charge in [0.05, 0.1) is 11.1 Å². The molecule has 6 rings (SSSR count). The van der Waals surface area contributed by atoms with E-state index in [1.807, 2.05) is 12.4 Å². The number of unbranched alkanes of at least 4 members (excludes halogenated alkanes) is 1. The fourth-order valence-electron chi connectivity index (χ4n) is 7.10. The number of fused-ring (bicyclic) bond motifs is 3. The van der Waals surface area contributed by atoms with Gasteiger partial charge in [0.25, 0.3) is 0 Å². The molecule has 0 atom stereocenters. The summed E-state index contributed by atoms with van der Waals surface area (Å²) in [6.45, 7) is 10.6. The molecule has 2 N–H and O–H groups in total. The van der Waals surface area contributed by atoms with Crippen LogP contribution in [-0.4, -0.2) is 45.9 Å². The number of carbonyl (C=O) groups excluding carboxylic acids is 1. The Balaban J connectivity index is 1.20. The number of nitrogens with zero attached hydrogens (tertiary/aromatic N) is 2. The van der Waals surface area contributed by atoms with Gasteiger partial charge in [0.2, 0.25) is 5.91 Å². The van der Waals surface area contributed by atoms with Crippen molar-refractivity contribution >= 4 is 27.5 Å². The van der Waals surface area contributed by atoms with Crippen LogP contribution in [-0.2, 0) is 23.1 Å². The van der Waals surface area contributed by atoms with Gasteiger partial charge in [0, 0.05) is 34.7 Å². The summed E-state index contributed by atoms with van der Waals surface area (Å²) in [4.78, 5) is 26.4. The largest absolute Gasteiger partial charge is 0.346 e. The Hall–Kier alpha value is -2.96. The Bertz CT molecular complexity index is 1480. The number of H-pyrrole nitrogens is 1. The van der Waals surface area contributed by atoms with Crippen LogP contribution in [0.5, 0.6) is 0 Å². The Labute approximate surface area is 248 Å². The lowest BCUT2D eigenvalue weighted by atomic mass is 9.88. The molecule has 6 heteroatoms. The lowest BCUT2D eigenvalue weighted by Gasteiger charge is -2.31. The highest BCUT2D eigenvalue weighted by atomic mass is 32.1. The van der Waals surface area contributed by atoms with E-state index in [9.17, 15) is 4.79 Å². The van der Waals surface area contributed by atoms with Crippen LogP contribution in [0.1, 0.15) is 79.5 Å². The standard InChI is InChI=1S/C35H44N4OS/c1-23-19-24(2)21-26(20-23)32-29(14-18-36-15-6-5-7-25-12-16-37-17-13-25)30-22-31(41-33(30)38-32)35(3,4)34(40)39-27-8-9-28(39)11-10-27/h12-13,16-17,19-22,27-28,36,38H,5-11,14-15,18H2,1-4H3. The molecule has 0 spiro atoms. The number of nitrogens with one attached hydrogen (secondary N) is 2. The van der Waals surface area contributed by atoms with E-state index in [-0.39, 0.29) is 0 Å². The van der Waals surface area contributed by atoms with Crippen molar-refractivity contribution in [3.63, 3.8) is 0 Å². The van der Waals surface area contributed by atoms with Crippen LogP contribution in [0.2, 0.25) is 0 Å². The summed E-state index contributed by atoms with van der Waals surface area (Å²) < 4.78 is 0. The highest BCUT2D eigenvalue weighted by Crippen LogP contribution is 2.44. The Morgan fingerprint density at radius 3 is 2.34 bits per heavy atom. The smallest absolute Gasteiger partial charge is 0.233 e. The molecule has 0 unspecified atom stereocenters. The van der Waals surface area contributed by atoms with E-state index in [4.69, 9.17) is 0 Å². The van der Waals surface area contributed by atoms with Crippen molar-refractivity contribution in [3.8, 4) is 11.3 Å². The van der Waals surface area contributed by atoms with Crippen molar-refractivity contribution in [3.05, 3.63) is 75.9 Å². The molecule has 2 aliphatic rings. The molecule has 3 aromatic heterocycles. The van der Waals surface area contributed by atoms with Crippen molar-refractivity contribution in [2.75, 3.05) is 13.1 Å². The predicted octanol–water partition coefficient (Wildman–Crippen LogP) is 7.49. The molecule has 2 saturated heterocycles. The molecule has 2 fully saturated rings. The van der Waals surface area contributed by atoms with Crippen LogP contribution in [0.25, 0.3) is 21.5 Å². The second kappa shape index (κ2) is 11.7. The zero-order chi connectivity index (χ0) is 28.6. The summed E-state index contributed by atoms with van der Waals surface area (Å²) in [7, 11) is 0. The highest BCUT2D eigenvalue weighted by Gasteiger charge is 2.47. The fraction of sp³-hybridized carbons (Fsp3) is 0.486. The molecule has 0 radical (unpaired) electrons. The van der Waals surface area contributed by atoms with E-state index in [2.05, 4.69) is 84.3 Å². The number of aromatic nitrogens is 2. The van der Waals surface area contributed by atoms with Crippen LogP contribution in [0.3, 0.4) is 0 Å². The zero-order valence-electron chi connectivity index (χ0n) is 25.1. The first kappa shape index (κ1) is 28.2. The molecular weight excluding hydrogens is 524 g/mol. The molecule has 2 bridgehead atoms. The molecule has 5 nitrogen and oxygen atoms in total. The number of aryl methyl sites for hydroxylation is 3. The third-order valence-electron chi connectivity index (χ3n) is 9.32. The number of aromatic amines is 1. The van der Waals surface area contributed by atoms with Crippen LogP contribution in [0, 0.1) is 13.8 Å². The van der Waals surface area contributed by atoms with E-state index in [1.54, 1.807) is 11.3 Å². The minimum atomic E-state index is -0.514. The molecule has 0 aliphatic carbocycles. The van der Waals surface area contributed by atoms with Gasteiger partial charge in [-0.15, -0.1) is 11.3 Å². The van der Waals surface area contributed by atoms with Gasteiger partial charge < -0.3 is 15.2 Å². The quantitative estimate of drug-likeness (QED) is 0.184. The number of hydrogen-bond acceptors (Lipinski definition) is 4. The monoisotopic (exact) mass is 568 g/mol. The Kier molecular flexibility index (Phi) is 8.06. The number of rotatable bonds is 11. The third-order valence-corrected chi connectivity index (χ3v) is 10.7. The first-order chi connectivity index (χ1) is 19.8. The average Bonchev–Trinajstić information content (AvgIpc) is 3.73. The summed E-state index contributed by atoms with van der Waals surface area (Å²) in [5.74, 6) is 0.316. The molecule has 1 amide bonds. The average molecular weight is 569 g/mol. The Morgan fingerprint density at radius 2 is 1.66 bits per heavy atom. The van der Waals surface area contributed by atoms with E-state index < -0.39 is 5.41 Å². The van der Waals surface area contributed by atoms with Crippen molar-refractivity contribution in [1.29, 1.82) is 0 Å². The minimum absolute atomic E-state index is 0.316. The fourth-order valence-corrected chi connectivity index (χ4v) is 8.29. The highest BCUT2D eigenvalue weighted by molar-refractivity contribution is 7.19. The van der Waals surface area contributed by atoms with Gasteiger partial charge in [0.15, 0.2) is 0 Å².